The number of nitrogens with two attached hydrogens (primary N) is 1. The Kier molecular flexibility index (Phi) is 5.13. The van der Waals surface area contributed by atoms with Gasteiger partial charge in [-0.1, -0.05) is 19.9 Å². The summed E-state index contributed by atoms with van der Waals surface area (Å²) in [5.74, 6) is 0.253. The smallest absolute Gasteiger partial charge is 0.226 e. The van der Waals surface area contributed by atoms with Crippen LogP contribution in [0.2, 0.25) is 0 Å². The van der Waals surface area contributed by atoms with E-state index in [1.807, 2.05) is 29.8 Å². The summed E-state index contributed by atoms with van der Waals surface area (Å²) in [4.78, 5) is 17.9. The first kappa shape index (κ1) is 16.1. The van der Waals surface area contributed by atoms with Crippen molar-refractivity contribution in [2.45, 2.75) is 32.7 Å². The van der Waals surface area contributed by atoms with Crippen LogP contribution in [0.25, 0.3) is 9.88 Å². The number of nitrogens with zero attached hydrogens (tertiary/aromatic N) is 1. The second-order valence-electron chi connectivity index (χ2n) is 5.62. The van der Waals surface area contributed by atoms with Gasteiger partial charge in [-0.25, -0.2) is 4.98 Å². The molecule has 1 unspecified atom stereocenters. The van der Waals surface area contributed by atoms with Gasteiger partial charge < -0.3 is 11.1 Å². The van der Waals surface area contributed by atoms with Crippen LogP contribution in [0.1, 0.15) is 26.5 Å². The third-order valence-corrected chi connectivity index (χ3v) is 5.68. The van der Waals surface area contributed by atoms with E-state index in [4.69, 9.17) is 5.73 Å². The average Bonchev–Trinajstić information content (AvgIpc) is 3.08. The van der Waals surface area contributed by atoms with E-state index >= 15 is 0 Å². The van der Waals surface area contributed by atoms with Crippen LogP contribution in [0.5, 0.6) is 0 Å². The highest BCUT2D eigenvalue weighted by molar-refractivity contribution is 7.20. The summed E-state index contributed by atoms with van der Waals surface area (Å²) in [5.41, 5.74) is 6.23. The van der Waals surface area contributed by atoms with Crippen LogP contribution in [-0.4, -0.2) is 23.0 Å². The van der Waals surface area contributed by atoms with Crippen molar-refractivity contribution in [3.05, 3.63) is 28.6 Å². The zero-order valence-corrected chi connectivity index (χ0v) is 14.2. The molecule has 3 N–H and O–H groups in total. The fourth-order valence-electron chi connectivity index (χ4n) is 1.86. The Labute approximate surface area is 133 Å². The van der Waals surface area contributed by atoms with Gasteiger partial charge in [0, 0.05) is 11.9 Å². The van der Waals surface area contributed by atoms with Crippen LogP contribution >= 0.6 is 22.7 Å². The monoisotopic (exact) mass is 323 g/mol. The van der Waals surface area contributed by atoms with E-state index in [-0.39, 0.29) is 17.4 Å². The molecule has 0 aromatic carbocycles. The number of thiophene rings is 1. The van der Waals surface area contributed by atoms with Crippen molar-refractivity contribution in [2.75, 3.05) is 6.54 Å². The van der Waals surface area contributed by atoms with E-state index in [9.17, 15) is 4.79 Å². The predicted molar refractivity (Wildman–Crippen MR) is 89.6 cm³/mol. The zero-order valence-electron chi connectivity index (χ0n) is 12.6. The minimum atomic E-state index is -0.371. The second kappa shape index (κ2) is 6.68. The first-order chi connectivity index (χ1) is 9.94. The molecule has 114 valence electrons. The number of hydrogen-bond acceptors (Lipinski definition) is 5. The van der Waals surface area contributed by atoms with Crippen LogP contribution in [0.15, 0.2) is 22.9 Å². The van der Waals surface area contributed by atoms with Gasteiger partial charge >= 0.3 is 0 Å². The SMILES string of the molecule is CC(C)C(C)(CN)NC(=O)Cc1csc(-c2cccs2)n1. The molecule has 0 aliphatic heterocycles. The van der Waals surface area contributed by atoms with Crippen molar-refractivity contribution < 1.29 is 4.79 Å². The molecule has 2 heterocycles. The Morgan fingerprint density at radius 1 is 1.48 bits per heavy atom. The van der Waals surface area contributed by atoms with Gasteiger partial charge in [-0.05, 0) is 24.3 Å². The summed E-state index contributed by atoms with van der Waals surface area (Å²) >= 11 is 3.23. The molecule has 0 saturated heterocycles. The van der Waals surface area contributed by atoms with E-state index in [2.05, 4.69) is 24.1 Å². The highest BCUT2D eigenvalue weighted by atomic mass is 32.1. The Balaban J connectivity index is 2.00. The lowest BCUT2D eigenvalue weighted by Gasteiger charge is -2.33. The number of carbonyl (C=O) groups is 1. The number of hydrogen-bond donors (Lipinski definition) is 2. The van der Waals surface area contributed by atoms with E-state index in [0.717, 1.165) is 15.6 Å². The minimum absolute atomic E-state index is 0.0281. The molecule has 0 aliphatic carbocycles. The zero-order chi connectivity index (χ0) is 15.5. The highest BCUT2D eigenvalue weighted by Crippen LogP contribution is 2.28. The molecule has 2 rings (SSSR count). The number of amides is 1. The summed E-state index contributed by atoms with van der Waals surface area (Å²) in [7, 11) is 0. The molecule has 1 amide bonds. The summed E-state index contributed by atoms with van der Waals surface area (Å²) in [6.07, 6.45) is 0.296. The molecule has 0 fully saturated rings. The van der Waals surface area contributed by atoms with Crippen molar-refractivity contribution in [2.24, 2.45) is 11.7 Å². The molecular formula is C15H21N3OS2. The lowest BCUT2D eigenvalue weighted by molar-refractivity contribution is -0.122. The van der Waals surface area contributed by atoms with E-state index < -0.39 is 0 Å². The fourth-order valence-corrected chi connectivity index (χ4v) is 3.49. The maximum absolute atomic E-state index is 12.2. The van der Waals surface area contributed by atoms with E-state index in [1.54, 1.807) is 22.7 Å². The van der Waals surface area contributed by atoms with Crippen molar-refractivity contribution in [3.63, 3.8) is 0 Å². The minimum Gasteiger partial charge on any atom is -0.349 e. The molecular weight excluding hydrogens is 302 g/mol. The molecule has 6 heteroatoms. The van der Waals surface area contributed by atoms with Crippen LogP contribution < -0.4 is 11.1 Å². The Morgan fingerprint density at radius 3 is 2.81 bits per heavy atom. The Bertz CT molecular complexity index is 592. The van der Waals surface area contributed by atoms with E-state index in [0.29, 0.717) is 13.0 Å². The van der Waals surface area contributed by atoms with E-state index in [1.165, 1.54) is 0 Å². The fraction of sp³-hybridized carbons (Fsp3) is 0.467. The largest absolute Gasteiger partial charge is 0.349 e. The summed E-state index contributed by atoms with van der Waals surface area (Å²) < 4.78 is 0. The van der Waals surface area contributed by atoms with Gasteiger partial charge in [0.1, 0.15) is 5.01 Å². The number of carbonyl (C=O) groups excluding carboxylic acids is 1. The van der Waals surface area contributed by atoms with Crippen LogP contribution in [-0.2, 0) is 11.2 Å². The molecule has 2 aromatic heterocycles. The third-order valence-electron chi connectivity index (χ3n) is 3.75. The van der Waals surface area contributed by atoms with Crippen LogP contribution in [0.3, 0.4) is 0 Å². The summed E-state index contributed by atoms with van der Waals surface area (Å²) in [6.45, 7) is 6.53. The van der Waals surface area contributed by atoms with Gasteiger partial charge in [-0.2, -0.15) is 0 Å². The van der Waals surface area contributed by atoms with Gasteiger partial charge in [-0.15, -0.1) is 22.7 Å². The lowest BCUT2D eigenvalue weighted by Crippen LogP contribution is -2.55. The van der Waals surface area contributed by atoms with Crippen molar-refractivity contribution >= 4 is 28.6 Å². The van der Waals surface area contributed by atoms with Crippen LogP contribution in [0, 0.1) is 5.92 Å². The van der Waals surface area contributed by atoms with Crippen molar-refractivity contribution in [1.82, 2.24) is 10.3 Å². The first-order valence-corrected chi connectivity index (χ1v) is 8.70. The molecule has 4 nitrogen and oxygen atoms in total. The van der Waals surface area contributed by atoms with Gasteiger partial charge in [0.25, 0.3) is 0 Å². The number of thiazole rings is 1. The third kappa shape index (κ3) is 3.90. The van der Waals surface area contributed by atoms with Gasteiger partial charge in [-0.3, -0.25) is 4.79 Å². The standard InChI is InChI=1S/C15H21N3OS2/c1-10(2)15(3,9-16)18-13(19)7-11-8-21-14(17-11)12-5-4-6-20-12/h4-6,8,10H,7,9,16H2,1-3H3,(H,18,19). The van der Waals surface area contributed by atoms with Gasteiger partial charge in [0.05, 0.1) is 22.5 Å². The number of rotatable bonds is 6. The number of nitrogens with one attached hydrogen (secondary N) is 1. The predicted octanol–water partition coefficient (Wildman–Crippen LogP) is 2.90. The normalized spacial score (nSPS) is 14.1. The average molecular weight is 323 g/mol. The molecule has 0 aliphatic rings. The molecule has 2 aromatic rings. The highest BCUT2D eigenvalue weighted by Gasteiger charge is 2.28. The summed E-state index contributed by atoms with van der Waals surface area (Å²) in [5, 5.41) is 7.98. The number of aromatic nitrogens is 1. The molecule has 0 saturated carbocycles. The van der Waals surface area contributed by atoms with Crippen molar-refractivity contribution in [3.8, 4) is 9.88 Å². The molecule has 1 atom stereocenters. The second-order valence-corrected chi connectivity index (χ2v) is 7.43. The topological polar surface area (TPSA) is 68.0 Å². The Morgan fingerprint density at radius 2 is 2.24 bits per heavy atom. The first-order valence-electron chi connectivity index (χ1n) is 6.94. The maximum Gasteiger partial charge on any atom is 0.226 e. The Hall–Kier alpha value is -1.24. The molecule has 21 heavy (non-hydrogen) atoms. The lowest BCUT2D eigenvalue weighted by atomic mass is 9.88. The van der Waals surface area contributed by atoms with Gasteiger partial charge in [0.2, 0.25) is 5.91 Å². The quantitative estimate of drug-likeness (QED) is 0.859. The molecule has 0 bridgehead atoms. The molecule has 0 spiro atoms. The maximum atomic E-state index is 12.2. The molecule has 0 radical (unpaired) electrons. The summed E-state index contributed by atoms with van der Waals surface area (Å²) in [6, 6.07) is 4.04. The van der Waals surface area contributed by atoms with Crippen molar-refractivity contribution in [1.29, 1.82) is 0 Å². The van der Waals surface area contributed by atoms with Crippen LogP contribution in [0.4, 0.5) is 0 Å². The van der Waals surface area contributed by atoms with Gasteiger partial charge in [0.15, 0.2) is 0 Å².